The molecular formula is C27H29F2N3O5. The quantitative estimate of drug-likeness (QED) is 0.502. The Balaban J connectivity index is 1.70. The minimum atomic E-state index is -1.37. The van der Waals surface area contributed by atoms with Crippen LogP contribution < -0.4 is 4.90 Å². The lowest BCUT2D eigenvalue weighted by Crippen LogP contribution is -2.42. The summed E-state index contributed by atoms with van der Waals surface area (Å²) in [5.74, 6) is -3.27. The lowest BCUT2D eigenvalue weighted by molar-refractivity contribution is -0.143. The molecule has 0 radical (unpaired) electrons. The molecule has 196 valence electrons. The first kappa shape index (κ1) is 25.1. The lowest BCUT2D eigenvalue weighted by atomic mass is 9.85. The average molecular weight is 514 g/mol. The van der Waals surface area contributed by atoms with Crippen LogP contribution in [0.3, 0.4) is 0 Å². The van der Waals surface area contributed by atoms with Crippen LogP contribution in [0.25, 0.3) is 11.0 Å². The maximum absolute atomic E-state index is 14.0. The molecule has 8 nitrogen and oxygen atoms in total. The second-order valence-electron chi connectivity index (χ2n) is 9.93. The highest BCUT2D eigenvalue weighted by atomic mass is 19.2. The van der Waals surface area contributed by atoms with Crippen LogP contribution in [-0.2, 0) is 16.0 Å². The van der Waals surface area contributed by atoms with E-state index in [1.807, 2.05) is 23.6 Å². The number of fused-ring (bicyclic) bond motifs is 3. The summed E-state index contributed by atoms with van der Waals surface area (Å²) < 4.78 is 34.5. The van der Waals surface area contributed by atoms with Gasteiger partial charge in [-0.25, -0.2) is 18.6 Å². The van der Waals surface area contributed by atoms with Gasteiger partial charge in [-0.15, -0.1) is 0 Å². The minimum absolute atomic E-state index is 0.0820. The van der Waals surface area contributed by atoms with Crippen LogP contribution in [-0.4, -0.2) is 45.0 Å². The number of aliphatic hydroxyl groups excluding tert-OH is 1. The number of carbonyl (C=O) groups excluding carboxylic acids is 1. The highest BCUT2D eigenvalue weighted by molar-refractivity contribution is 5.95. The molecule has 2 aliphatic rings. The molecule has 0 bridgehead atoms. The first-order valence-corrected chi connectivity index (χ1v) is 12.5. The van der Waals surface area contributed by atoms with Crippen LogP contribution in [0.2, 0.25) is 0 Å². The van der Waals surface area contributed by atoms with Gasteiger partial charge in [0.25, 0.3) is 0 Å². The van der Waals surface area contributed by atoms with Crippen molar-refractivity contribution in [2.24, 2.45) is 5.92 Å². The van der Waals surface area contributed by atoms with Crippen LogP contribution in [0, 0.1) is 17.6 Å². The van der Waals surface area contributed by atoms with Crippen molar-refractivity contribution in [1.29, 1.82) is 0 Å². The average Bonchev–Trinajstić information content (AvgIpc) is 3.29. The highest BCUT2D eigenvalue weighted by Gasteiger charge is 2.35. The van der Waals surface area contributed by atoms with Gasteiger partial charge in [-0.2, -0.15) is 0 Å². The van der Waals surface area contributed by atoms with E-state index in [1.165, 1.54) is 13.2 Å². The van der Waals surface area contributed by atoms with Crippen molar-refractivity contribution in [2.75, 3.05) is 12.0 Å². The fourth-order valence-corrected chi connectivity index (χ4v) is 5.82. The maximum atomic E-state index is 14.0. The van der Waals surface area contributed by atoms with Gasteiger partial charge in [-0.1, -0.05) is 12.5 Å². The van der Waals surface area contributed by atoms with Gasteiger partial charge in [-0.05, 0) is 68.9 Å². The molecule has 1 aliphatic carbocycles. The molecule has 10 heteroatoms. The van der Waals surface area contributed by atoms with E-state index in [9.17, 15) is 28.6 Å². The largest absolute Gasteiger partial charge is 0.481 e. The van der Waals surface area contributed by atoms with Crippen LogP contribution in [0.5, 0.6) is 0 Å². The van der Waals surface area contributed by atoms with E-state index < -0.39 is 35.7 Å². The van der Waals surface area contributed by atoms with E-state index in [0.29, 0.717) is 55.2 Å². The number of amides is 1. The van der Waals surface area contributed by atoms with Crippen LogP contribution in [0.4, 0.5) is 19.3 Å². The second kappa shape index (κ2) is 9.74. The summed E-state index contributed by atoms with van der Waals surface area (Å²) in [6.45, 7) is 1.94. The molecule has 1 aromatic heterocycles. The molecular weight excluding hydrogens is 484 g/mol. The summed E-state index contributed by atoms with van der Waals surface area (Å²) in [5, 5.41) is 21.0. The predicted molar refractivity (Wildman–Crippen MR) is 131 cm³/mol. The number of nitrogens with zero attached hydrogens (tertiary/aromatic N) is 3. The number of imidazole rings is 1. The van der Waals surface area contributed by atoms with Crippen LogP contribution >= 0.6 is 0 Å². The van der Waals surface area contributed by atoms with E-state index in [4.69, 9.17) is 9.72 Å². The zero-order chi connectivity index (χ0) is 26.4. The van der Waals surface area contributed by atoms with Gasteiger partial charge < -0.3 is 19.5 Å². The number of ether oxygens (including phenoxy) is 1. The number of anilines is 1. The van der Waals surface area contributed by atoms with Crippen molar-refractivity contribution < 1.29 is 33.3 Å². The first-order valence-electron chi connectivity index (χ1n) is 12.5. The Labute approximate surface area is 212 Å². The number of aliphatic hydroxyl groups is 1. The minimum Gasteiger partial charge on any atom is -0.481 e. The van der Waals surface area contributed by atoms with Crippen molar-refractivity contribution >= 4 is 28.8 Å². The Bertz CT molecular complexity index is 1370. The Kier molecular flexibility index (Phi) is 6.61. The topological polar surface area (TPSA) is 105 Å². The van der Waals surface area contributed by atoms with E-state index in [0.717, 1.165) is 17.7 Å². The van der Waals surface area contributed by atoms with E-state index in [2.05, 4.69) is 0 Å². The Morgan fingerprint density at radius 3 is 2.62 bits per heavy atom. The number of rotatable bonds is 4. The molecule has 2 aromatic carbocycles. The molecule has 3 aromatic rings. The third-order valence-corrected chi connectivity index (χ3v) is 7.72. The number of methoxy groups -OCH3 is 1. The Morgan fingerprint density at radius 2 is 1.92 bits per heavy atom. The molecule has 0 spiro atoms. The van der Waals surface area contributed by atoms with Crippen LogP contribution in [0.15, 0.2) is 30.3 Å². The summed E-state index contributed by atoms with van der Waals surface area (Å²) in [6.07, 6.45) is 1.78. The van der Waals surface area contributed by atoms with Gasteiger partial charge in [0.2, 0.25) is 0 Å². The zero-order valence-electron chi connectivity index (χ0n) is 20.7. The molecule has 5 rings (SSSR count). The molecule has 1 aliphatic heterocycles. The number of aromatic nitrogens is 2. The number of halogens is 2. The SMILES string of the molecule is COC(=O)N1c2ccc3c(nc([C@H](O)c4ccc(F)c(F)c4)n3[C@@H]3CCC[C@@H](C(=O)O)C3)c2CC[C@@H]1C. The smallest absolute Gasteiger partial charge is 0.414 e. The number of carbonyl (C=O) groups is 2. The van der Waals surface area contributed by atoms with Gasteiger partial charge in [-0.3, -0.25) is 9.69 Å². The summed E-state index contributed by atoms with van der Waals surface area (Å²) in [6, 6.07) is 6.52. The molecule has 2 N–H and O–H groups in total. The van der Waals surface area contributed by atoms with E-state index in [-0.39, 0.29) is 23.5 Å². The fourth-order valence-electron chi connectivity index (χ4n) is 5.82. The molecule has 1 fully saturated rings. The summed E-state index contributed by atoms with van der Waals surface area (Å²) in [5.41, 5.74) is 2.92. The number of aryl methyl sites for hydroxylation is 1. The van der Waals surface area contributed by atoms with Crippen molar-refractivity contribution in [3.63, 3.8) is 0 Å². The van der Waals surface area contributed by atoms with E-state index in [1.54, 1.807) is 4.90 Å². The molecule has 2 heterocycles. The predicted octanol–water partition coefficient (Wildman–Crippen LogP) is 5.12. The summed E-state index contributed by atoms with van der Waals surface area (Å²) in [7, 11) is 1.33. The maximum Gasteiger partial charge on any atom is 0.414 e. The van der Waals surface area contributed by atoms with E-state index >= 15 is 0 Å². The molecule has 1 saturated carbocycles. The lowest BCUT2D eigenvalue weighted by Gasteiger charge is -2.34. The fraction of sp³-hybridized carbons (Fsp3) is 0.444. The summed E-state index contributed by atoms with van der Waals surface area (Å²) >= 11 is 0. The molecule has 0 unspecified atom stereocenters. The molecule has 4 atom stereocenters. The van der Waals surface area contributed by atoms with Crippen molar-refractivity contribution in [3.05, 3.63) is 58.9 Å². The van der Waals surface area contributed by atoms with Gasteiger partial charge in [0.15, 0.2) is 11.6 Å². The second-order valence-corrected chi connectivity index (χ2v) is 9.93. The summed E-state index contributed by atoms with van der Waals surface area (Å²) in [4.78, 5) is 30.8. The Hall–Kier alpha value is -3.53. The third-order valence-electron chi connectivity index (χ3n) is 7.72. The van der Waals surface area contributed by atoms with Crippen molar-refractivity contribution in [1.82, 2.24) is 9.55 Å². The molecule has 37 heavy (non-hydrogen) atoms. The zero-order valence-corrected chi connectivity index (χ0v) is 20.7. The monoisotopic (exact) mass is 513 g/mol. The third kappa shape index (κ3) is 4.33. The number of carboxylic acid groups (broad SMARTS) is 1. The van der Waals surface area contributed by atoms with Crippen molar-refractivity contribution in [2.45, 2.75) is 63.6 Å². The molecule has 0 saturated heterocycles. The van der Waals surface area contributed by atoms with Gasteiger partial charge >= 0.3 is 12.1 Å². The van der Waals surface area contributed by atoms with Gasteiger partial charge in [0.1, 0.15) is 11.9 Å². The van der Waals surface area contributed by atoms with Gasteiger partial charge in [0.05, 0.1) is 29.7 Å². The Morgan fingerprint density at radius 1 is 1.14 bits per heavy atom. The van der Waals surface area contributed by atoms with Crippen LogP contribution in [0.1, 0.15) is 68.1 Å². The first-order chi connectivity index (χ1) is 17.7. The van der Waals surface area contributed by atoms with Crippen molar-refractivity contribution in [3.8, 4) is 0 Å². The number of benzene rings is 2. The van der Waals surface area contributed by atoms with Gasteiger partial charge in [0, 0.05) is 17.6 Å². The number of hydrogen-bond acceptors (Lipinski definition) is 5. The molecule has 1 amide bonds. The number of carboxylic acids is 1. The number of aliphatic carboxylic acids is 1. The number of hydrogen-bond donors (Lipinski definition) is 2. The standard InChI is InChI=1S/C27H29F2N3O5/c1-14-6-8-18-21(31(14)27(36)37-2)10-11-22-23(18)30-25(24(33)15-7-9-19(28)20(29)13-15)32(22)17-5-3-4-16(12-17)26(34)35/h7,9-11,13-14,16-17,24,33H,3-6,8,12H2,1-2H3,(H,34,35)/t14-,16+,17+,24+/m0/s1. The highest BCUT2D eigenvalue weighted by Crippen LogP contribution is 2.42. The normalized spacial score (nSPS) is 22.5.